The molecule has 0 amide bonds. The number of halogens is 1. The molecule has 4 heteroatoms. The standard InChI is InChI=1S/C17H20ClNOS/c1-4-19-12(2)16-10-7-14(11-17(16)18)20-13-5-8-15(21-3)9-6-13/h5-12,19H,4H2,1-3H3. The predicted molar refractivity (Wildman–Crippen MR) is 91.8 cm³/mol. The van der Waals surface area contributed by atoms with Crippen LogP contribution in [-0.4, -0.2) is 12.8 Å². The molecule has 0 saturated heterocycles. The first-order valence-electron chi connectivity index (χ1n) is 6.98. The molecule has 0 saturated carbocycles. The van der Waals surface area contributed by atoms with Crippen molar-refractivity contribution in [2.24, 2.45) is 0 Å². The summed E-state index contributed by atoms with van der Waals surface area (Å²) in [5, 5.41) is 4.08. The van der Waals surface area contributed by atoms with Crippen molar-refractivity contribution in [3.05, 3.63) is 53.1 Å². The zero-order chi connectivity index (χ0) is 15.2. The Morgan fingerprint density at radius 3 is 2.38 bits per heavy atom. The first kappa shape index (κ1) is 16.2. The molecule has 1 atom stereocenters. The number of ether oxygens (including phenoxy) is 1. The van der Waals surface area contributed by atoms with Gasteiger partial charge in [0.25, 0.3) is 0 Å². The highest BCUT2D eigenvalue weighted by atomic mass is 35.5. The fourth-order valence-corrected chi connectivity index (χ4v) is 2.86. The zero-order valence-electron chi connectivity index (χ0n) is 12.5. The third kappa shape index (κ3) is 4.40. The summed E-state index contributed by atoms with van der Waals surface area (Å²) in [4.78, 5) is 1.22. The first-order chi connectivity index (χ1) is 10.1. The lowest BCUT2D eigenvalue weighted by Crippen LogP contribution is -2.17. The number of nitrogens with one attached hydrogen (secondary N) is 1. The number of benzene rings is 2. The van der Waals surface area contributed by atoms with E-state index in [2.05, 4.69) is 25.4 Å². The van der Waals surface area contributed by atoms with Gasteiger partial charge in [0.05, 0.1) is 0 Å². The van der Waals surface area contributed by atoms with Crippen molar-refractivity contribution in [1.29, 1.82) is 0 Å². The van der Waals surface area contributed by atoms with E-state index in [1.807, 2.05) is 42.5 Å². The predicted octanol–water partition coefficient (Wildman–Crippen LogP) is 5.52. The Balaban J connectivity index is 2.12. The van der Waals surface area contributed by atoms with Crippen LogP contribution in [0.2, 0.25) is 5.02 Å². The van der Waals surface area contributed by atoms with Crippen LogP contribution >= 0.6 is 23.4 Å². The van der Waals surface area contributed by atoms with Gasteiger partial charge >= 0.3 is 0 Å². The summed E-state index contributed by atoms with van der Waals surface area (Å²) >= 11 is 8.06. The lowest BCUT2D eigenvalue weighted by molar-refractivity contribution is 0.481. The van der Waals surface area contributed by atoms with Gasteiger partial charge in [-0.15, -0.1) is 11.8 Å². The molecule has 0 bridgehead atoms. The van der Waals surface area contributed by atoms with E-state index in [4.69, 9.17) is 16.3 Å². The van der Waals surface area contributed by atoms with E-state index in [1.54, 1.807) is 11.8 Å². The SMILES string of the molecule is CCNC(C)c1ccc(Oc2ccc(SC)cc2)cc1Cl. The van der Waals surface area contributed by atoms with Crippen molar-refractivity contribution in [2.45, 2.75) is 24.8 Å². The van der Waals surface area contributed by atoms with Gasteiger partial charge in [-0.2, -0.15) is 0 Å². The van der Waals surface area contributed by atoms with Gasteiger partial charge in [0.15, 0.2) is 0 Å². The van der Waals surface area contributed by atoms with Gasteiger partial charge < -0.3 is 10.1 Å². The van der Waals surface area contributed by atoms with Crippen LogP contribution in [0.5, 0.6) is 11.5 Å². The van der Waals surface area contributed by atoms with E-state index in [0.717, 1.165) is 28.6 Å². The molecule has 0 heterocycles. The van der Waals surface area contributed by atoms with Crippen molar-refractivity contribution < 1.29 is 4.74 Å². The third-order valence-corrected chi connectivity index (χ3v) is 4.31. The number of hydrogen-bond donors (Lipinski definition) is 1. The fourth-order valence-electron chi connectivity index (χ4n) is 2.12. The number of rotatable bonds is 6. The van der Waals surface area contributed by atoms with E-state index in [0.29, 0.717) is 0 Å². The van der Waals surface area contributed by atoms with Crippen LogP contribution in [0.3, 0.4) is 0 Å². The molecular formula is C17H20ClNOS. The van der Waals surface area contributed by atoms with Crippen LogP contribution in [0, 0.1) is 0 Å². The highest BCUT2D eigenvalue weighted by Gasteiger charge is 2.09. The normalized spacial score (nSPS) is 12.2. The molecule has 0 aliphatic carbocycles. The second-order valence-electron chi connectivity index (χ2n) is 4.74. The van der Waals surface area contributed by atoms with Crippen molar-refractivity contribution in [2.75, 3.05) is 12.8 Å². The second kappa shape index (κ2) is 7.74. The highest BCUT2D eigenvalue weighted by molar-refractivity contribution is 7.98. The van der Waals surface area contributed by atoms with E-state index in [-0.39, 0.29) is 6.04 Å². The van der Waals surface area contributed by atoms with Crippen LogP contribution < -0.4 is 10.1 Å². The molecule has 0 radical (unpaired) electrons. The summed E-state index contributed by atoms with van der Waals surface area (Å²) in [7, 11) is 0. The van der Waals surface area contributed by atoms with Crippen LogP contribution in [-0.2, 0) is 0 Å². The smallest absolute Gasteiger partial charge is 0.128 e. The monoisotopic (exact) mass is 321 g/mol. The van der Waals surface area contributed by atoms with E-state index in [9.17, 15) is 0 Å². The molecule has 0 aromatic heterocycles. The molecule has 0 aliphatic rings. The molecule has 2 aromatic carbocycles. The molecule has 0 fully saturated rings. The summed E-state index contributed by atoms with van der Waals surface area (Å²) < 4.78 is 5.84. The van der Waals surface area contributed by atoms with Gasteiger partial charge in [0.1, 0.15) is 11.5 Å². The van der Waals surface area contributed by atoms with Gasteiger partial charge in [-0.25, -0.2) is 0 Å². The lowest BCUT2D eigenvalue weighted by Gasteiger charge is -2.15. The Labute approximate surface area is 135 Å². The molecule has 0 aliphatic heterocycles. The van der Waals surface area contributed by atoms with Gasteiger partial charge in [-0.05, 0) is 61.7 Å². The van der Waals surface area contributed by atoms with E-state index in [1.165, 1.54) is 4.90 Å². The summed E-state index contributed by atoms with van der Waals surface area (Å²) in [6, 6.07) is 14.1. The van der Waals surface area contributed by atoms with Crippen LogP contribution in [0.15, 0.2) is 47.4 Å². The lowest BCUT2D eigenvalue weighted by atomic mass is 10.1. The minimum atomic E-state index is 0.234. The van der Waals surface area contributed by atoms with Gasteiger partial charge in [0, 0.05) is 16.0 Å². The summed E-state index contributed by atoms with van der Waals surface area (Å²) in [5.41, 5.74) is 1.09. The minimum absolute atomic E-state index is 0.234. The van der Waals surface area contributed by atoms with Crippen LogP contribution in [0.25, 0.3) is 0 Å². The first-order valence-corrected chi connectivity index (χ1v) is 8.59. The van der Waals surface area contributed by atoms with Crippen LogP contribution in [0.1, 0.15) is 25.5 Å². The summed E-state index contributed by atoms with van der Waals surface area (Å²) in [6.45, 7) is 5.10. The zero-order valence-corrected chi connectivity index (χ0v) is 14.1. The van der Waals surface area contributed by atoms with E-state index < -0.39 is 0 Å². The molecule has 0 spiro atoms. The summed E-state index contributed by atoms with van der Waals surface area (Å²) in [6.07, 6.45) is 2.06. The maximum absolute atomic E-state index is 6.35. The van der Waals surface area contributed by atoms with Crippen molar-refractivity contribution >= 4 is 23.4 Å². The molecule has 112 valence electrons. The average molecular weight is 322 g/mol. The Kier molecular flexibility index (Phi) is 5.97. The maximum atomic E-state index is 6.35. The van der Waals surface area contributed by atoms with Crippen molar-refractivity contribution in [3.8, 4) is 11.5 Å². The van der Waals surface area contributed by atoms with Crippen molar-refractivity contribution in [3.63, 3.8) is 0 Å². The fraction of sp³-hybridized carbons (Fsp3) is 0.294. The number of hydrogen-bond acceptors (Lipinski definition) is 3. The van der Waals surface area contributed by atoms with Crippen molar-refractivity contribution in [1.82, 2.24) is 5.32 Å². The molecule has 1 unspecified atom stereocenters. The van der Waals surface area contributed by atoms with Crippen LogP contribution in [0.4, 0.5) is 0 Å². The Hall–Kier alpha value is -1.16. The Morgan fingerprint density at radius 1 is 1.14 bits per heavy atom. The topological polar surface area (TPSA) is 21.3 Å². The van der Waals surface area contributed by atoms with Gasteiger partial charge in [-0.3, -0.25) is 0 Å². The quantitative estimate of drug-likeness (QED) is 0.707. The average Bonchev–Trinajstić information content (AvgIpc) is 2.48. The molecule has 2 nitrogen and oxygen atoms in total. The molecular weight excluding hydrogens is 302 g/mol. The van der Waals surface area contributed by atoms with Gasteiger partial charge in [-0.1, -0.05) is 24.6 Å². The highest BCUT2D eigenvalue weighted by Crippen LogP contribution is 2.30. The van der Waals surface area contributed by atoms with Gasteiger partial charge in [0.2, 0.25) is 0 Å². The summed E-state index contributed by atoms with van der Waals surface area (Å²) in [5.74, 6) is 1.57. The second-order valence-corrected chi connectivity index (χ2v) is 6.03. The molecule has 1 N–H and O–H groups in total. The third-order valence-electron chi connectivity index (χ3n) is 3.24. The number of thioether (sulfide) groups is 1. The maximum Gasteiger partial charge on any atom is 0.128 e. The largest absolute Gasteiger partial charge is 0.457 e. The van der Waals surface area contributed by atoms with E-state index >= 15 is 0 Å². The molecule has 21 heavy (non-hydrogen) atoms. The molecule has 2 rings (SSSR count). The Morgan fingerprint density at radius 2 is 1.81 bits per heavy atom. The molecule has 2 aromatic rings. The minimum Gasteiger partial charge on any atom is -0.457 e. The Bertz CT molecular complexity index is 586.